The van der Waals surface area contributed by atoms with Crippen LogP contribution in [-0.4, -0.2) is 59.8 Å². The summed E-state index contributed by atoms with van der Waals surface area (Å²) in [5.41, 5.74) is -0.187. The number of nitrogens with one attached hydrogen (secondary N) is 1. The Hall–Kier alpha value is -2.25. The predicted octanol–water partition coefficient (Wildman–Crippen LogP) is 1.60. The van der Waals surface area contributed by atoms with Crippen LogP contribution in [0, 0.1) is 5.92 Å². The molecule has 1 aliphatic heterocycles. The minimum absolute atomic E-state index is 0.113. The number of likely N-dealkylation sites (tertiary alicyclic amines) is 1. The highest BCUT2D eigenvalue weighted by molar-refractivity contribution is 5.94. The maximum absolute atomic E-state index is 12.0. The molecule has 0 spiro atoms. The Kier molecular flexibility index (Phi) is 6.21. The maximum atomic E-state index is 12.0. The lowest BCUT2D eigenvalue weighted by Gasteiger charge is -2.24. The zero-order valence-electron chi connectivity index (χ0n) is 13.2. The third kappa shape index (κ3) is 5.63. The largest absolute Gasteiger partial charge is 0.445 e. The maximum Gasteiger partial charge on any atom is 0.410 e. The normalized spacial score (nSPS) is 19.9. The van der Waals surface area contributed by atoms with Crippen molar-refractivity contribution in [2.45, 2.75) is 26.4 Å². The van der Waals surface area contributed by atoms with E-state index in [-0.39, 0.29) is 25.6 Å². The van der Waals surface area contributed by atoms with Crippen LogP contribution in [0.2, 0.25) is 0 Å². The van der Waals surface area contributed by atoms with Gasteiger partial charge in [-0.15, -0.1) is 0 Å². The zero-order chi connectivity index (χ0) is 16.8. The molecule has 1 rings (SSSR count). The smallest absolute Gasteiger partial charge is 0.410 e. The summed E-state index contributed by atoms with van der Waals surface area (Å²) in [6.45, 7) is 9.55. The summed E-state index contributed by atoms with van der Waals surface area (Å²) in [4.78, 5) is 24.8. The van der Waals surface area contributed by atoms with Crippen molar-refractivity contribution in [3.8, 4) is 0 Å². The third-order valence-electron chi connectivity index (χ3n) is 2.87. The third-order valence-corrected chi connectivity index (χ3v) is 2.87. The molecule has 0 aromatic rings. The van der Waals surface area contributed by atoms with Crippen molar-refractivity contribution in [2.75, 3.05) is 26.2 Å². The van der Waals surface area contributed by atoms with Gasteiger partial charge in [0.2, 0.25) is 0 Å². The highest BCUT2D eigenvalue weighted by Crippen LogP contribution is 2.17. The average Bonchev–Trinajstić information content (AvgIpc) is 2.84. The molecule has 0 aliphatic carbocycles. The van der Waals surface area contributed by atoms with Gasteiger partial charge in [-0.3, -0.25) is 0 Å². The van der Waals surface area contributed by atoms with Crippen LogP contribution in [-0.2, 0) is 9.47 Å². The number of carbonyl (C=O) groups is 2. The molecule has 8 nitrogen and oxygen atoms in total. The predicted molar refractivity (Wildman–Crippen MR) is 80.1 cm³/mol. The number of nitrogens with zero attached hydrogens (tertiary/aromatic N) is 2. The van der Waals surface area contributed by atoms with E-state index in [9.17, 15) is 9.59 Å². The molecule has 124 valence electrons. The number of alkyl carbamates (subject to hydrolysis) is 1. The van der Waals surface area contributed by atoms with E-state index in [0.717, 1.165) is 0 Å². The summed E-state index contributed by atoms with van der Waals surface area (Å²) in [6.07, 6.45) is 0.387. The van der Waals surface area contributed by atoms with Crippen molar-refractivity contribution in [1.29, 1.82) is 0 Å². The van der Waals surface area contributed by atoms with Gasteiger partial charge >= 0.3 is 12.2 Å². The number of hydrogen-bond acceptors (Lipinski definition) is 6. The van der Waals surface area contributed by atoms with E-state index in [1.165, 1.54) is 11.0 Å². The molecule has 0 aromatic heterocycles. The fraction of sp³-hybridized carbons (Fsp3) is 0.643. The molecule has 0 radical (unpaired) electrons. The fourth-order valence-electron chi connectivity index (χ4n) is 1.91. The number of oxime groups is 1. The van der Waals surface area contributed by atoms with Crippen LogP contribution in [0.1, 0.15) is 20.8 Å². The van der Waals surface area contributed by atoms with Crippen LogP contribution >= 0.6 is 0 Å². The van der Waals surface area contributed by atoms with Crippen molar-refractivity contribution in [3.05, 3.63) is 12.7 Å². The lowest BCUT2D eigenvalue weighted by molar-refractivity contribution is 0.0292. The van der Waals surface area contributed by atoms with Crippen LogP contribution in [0.15, 0.2) is 17.8 Å². The molecule has 1 fully saturated rings. The van der Waals surface area contributed by atoms with Crippen molar-refractivity contribution < 1.29 is 24.3 Å². The highest BCUT2D eigenvalue weighted by atomic mass is 16.6. The minimum Gasteiger partial charge on any atom is -0.445 e. The Morgan fingerprint density at radius 2 is 2.23 bits per heavy atom. The van der Waals surface area contributed by atoms with Gasteiger partial charge < -0.3 is 24.9 Å². The number of rotatable bonds is 4. The number of ether oxygens (including phenoxy) is 2. The Morgan fingerprint density at radius 1 is 1.55 bits per heavy atom. The summed E-state index contributed by atoms with van der Waals surface area (Å²) < 4.78 is 10.1. The first kappa shape index (κ1) is 17.8. The summed E-state index contributed by atoms with van der Waals surface area (Å²) in [5, 5.41) is 14.8. The SMILES string of the molecule is C=CCOC(=O)NCC1CN(C(=O)OC(C)(C)C)C/C1=N\O. The fourth-order valence-corrected chi connectivity index (χ4v) is 1.91. The quantitative estimate of drug-likeness (QED) is 0.466. The molecular weight excluding hydrogens is 290 g/mol. The first-order valence-corrected chi connectivity index (χ1v) is 6.97. The van der Waals surface area contributed by atoms with Crippen molar-refractivity contribution >= 4 is 17.9 Å². The minimum atomic E-state index is -0.599. The van der Waals surface area contributed by atoms with E-state index >= 15 is 0 Å². The molecule has 0 aromatic carbocycles. The molecular formula is C14H23N3O5. The molecule has 8 heteroatoms. The topological polar surface area (TPSA) is 100 Å². The van der Waals surface area contributed by atoms with E-state index in [2.05, 4.69) is 17.1 Å². The van der Waals surface area contributed by atoms with Crippen LogP contribution in [0.25, 0.3) is 0 Å². The standard InChI is InChI=1S/C14H23N3O5/c1-5-6-21-12(18)15-7-10-8-17(9-11(10)16-20)13(19)22-14(2,3)4/h5,10,20H,1,6-9H2,2-4H3,(H,15,18)/b16-11+. The van der Waals surface area contributed by atoms with Crippen molar-refractivity contribution in [1.82, 2.24) is 10.2 Å². The molecule has 2 amide bonds. The molecule has 1 atom stereocenters. The second-order valence-corrected chi connectivity index (χ2v) is 5.92. The number of carbonyl (C=O) groups excluding carboxylic acids is 2. The summed E-state index contributed by atoms with van der Waals surface area (Å²) in [5.74, 6) is -0.284. The average molecular weight is 313 g/mol. The Balaban J connectivity index is 2.53. The number of amides is 2. The van der Waals surface area contributed by atoms with Gasteiger partial charge in [-0.25, -0.2) is 9.59 Å². The van der Waals surface area contributed by atoms with Crippen LogP contribution in [0.5, 0.6) is 0 Å². The van der Waals surface area contributed by atoms with Crippen LogP contribution in [0.3, 0.4) is 0 Å². The zero-order valence-corrected chi connectivity index (χ0v) is 13.2. The van der Waals surface area contributed by atoms with E-state index in [4.69, 9.17) is 14.7 Å². The Bertz CT molecular complexity index is 456. The molecule has 0 bridgehead atoms. The molecule has 1 aliphatic rings. The van der Waals surface area contributed by atoms with E-state index in [1.807, 2.05) is 0 Å². The van der Waals surface area contributed by atoms with E-state index in [0.29, 0.717) is 12.3 Å². The monoisotopic (exact) mass is 313 g/mol. The summed E-state index contributed by atoms with van der Waals surface area (Å²) >= 11 is 0. The summed E-state index contributed by atoms with van der Waals surface area (Å²) in [6, 6.07) is 0. The lowest BCUT2D eigenvalue weighted by Crippen LogP contribution is -2.36. The van der Waals surface area contributed by atoms with Gasteiger partial charge in [-0.2, -0.15) is 0 Å². The van der Waals surface area contributed by atoms with Gasteiger partial charge in [0.15, 0.2) is 0 Å². The van der Waals surface area contributed by atoms with Gasteiger partial charge in [0.25, 0.3) is 0 Å². The van der Waals surface area contributed by atoms with Gasteiger partial charge in [-0.1, -0.05) is 17.8 Å². The van der Waals surface area contributed by atoms with E-state index < -0.39 is 17.8 Å². The Labute approximate surface area is 129 Å². The second-order valence-electron chi connectivity index (χ2n) is 5.92. The van der Waals surface area contributed by atoms with E-state index in [1.54, 1.807) is 20.8 Å². The molecule has 1 saturated heterocycles. The first-order chi connectivity index (χ1) is 10.3. The molecule has 0 saturated carbocycles. The van der Waals surface area contributed by atoms with Gasteiger partial charge in [0.05, 0.1) is 12.3 Å². The Morgan fingerprint density at radius 3 is 2.77 bits per heavy atom. The number of hydrogen-bond donors (Lipinski definition) is 2. The van der Waals surface area contributed by atoms with Crippen LogP contribution in [0.4, 0.5) is 9.59 Å². The second kappa shape index (κ2) is 7.67. The van der Waals surface area contributed by atoms with Gasteiger partial charge in [0, 0.05) is 19.0 Å². The van der Waals surface area contributed by atoms with Crippen molar-refractivity contribution in [2.24, 2.45) is 11.1 Å². The summed E-state index contributed by atoms with van der Waals surface area (Å²) in [7, 11) is 0. The van der Waals surface area contributed by atoms with Gasteiger partial charge in [0.1, 0.15) is 12.2 Å². The molecule has 1 heterocycles. The molecule has 22 heavy (non-hydrogen) atoms. The lowest BCUT2D eigenvalue weighted by atomic mass is 10.1. The molecule has 1 unspecified atom stereocenters. The van der Waals surface area contributed by atoms with Gasteiger partial charge in [-0.05, 0) is 20.8 Å². The molecule has 2 N–H and O–H groups in total. The van der Waals surface area contributed by atoms with Crippen molar-refractivity contribution in [3.63, 3.8) is 0 Å². The first-order valence-electron chi connectivity index (χ1n) is 6.97. The van der Waals surface area contributed by atoms with Crippen LogP contribution < -0.4 is 5.32 Å². The highest BCUT2D eigenvalue weighted by Gasteiger charge is 2.35.